The van der Waals surface area contributed by atoms with Crippen LogP contribution in [-0.4, -0.2) is 47.8 Å². The first kappa shape index (κ1) is 15.5. The van der Waals surface area contributed by atoms with Gasteiger partial charge in [-0.15, -0.1) is 0 Å². The van der Waals surface area contributed by atoms with Crippen molar-refractivity contribution in [2.24, 2.45) is 7.05 Å². The van der Waals surface area contributed by atoms with Gasteiger partial charge >= 0.3 is 0 Å². The van der Waals surface area contributed by atoms with Gasteiger partial charge in [-0.2, -0.15) is 4.31 Å². The van der Waals surface area contributed by atoms with Crippen molar-refractivity contribution in [3.63, 3.8) is 0 Å². The molecule has 7 heteroatoms. The van der Waals surface area contributed by atoms with Crippen molar-refractivity contribution in [3.05, 3.63) is 30.0 Å². The number of aryl methyl sites for hydroxylation is 1. The number of hydrogen-bond donors (Lipinski definition) is 1. The molecule has 1 aromatic heterocycles. The van der Waals surface area contributed by atoms with Crippen molar-refractivity contribution in [2.75, 3.05) is 13.2 Å². The Morgan fingerprint density at radius 3 is 2.73 bits per heavy atom. The molecule has 2 atom stereocenters. The molecule has 0 saturated carbocycles. The Kier molecular flexibility index (Phi) is 3.74. The van der Waals surface area contributed by atoms with Crippen molar-refractivity contribution < 1.29 is 17.9 Å². The number of halogens is 1. The van der Waals surface area contributed by atoms with Gasteiger partial charge in [-0.3, -0.25) is 0 Å². The maximum atomic E-state index is 13.7. The monoisotopic (exact) mass is 326 g/mol. The lowest BCUT2D eigenvalue weighted by Gasteiger charge is -2.22. The maximum absolute atomic E-state index is 13.7. The Balaban J connectivity index is 2.20. The van der Waals surface area contributed by atoms with Crippen LogP contribution in [0.2, 0.25) is 0 Å². The third-order valence-corrected chi connectivity index (χ3v) is 6.53. The standard InChI is InChI=1S/C15H19FN2O3S/c1-10-15(13-5-3-4-6-14(13)17(10)2)22(20,21)18-8-11(16)7-12(18)9-19/h3-6,11-12,19H,7-9H2,1-2H3/t11-,12-/m0/s1. The summed E-state index contributed by atoms with van der Waals surface area (Å²) in [5.41, 5.74) is 1.43. The Hall–Kier alpha value is -1.44. The molecular formula is C15H19FN2O3S. The Bertz CT molecular complexity index is 816. The summed E-state index contributed by atoms with van der Waals surface area (Å²) in [5, 5.41) is 10.0. The molecule has 1 saturated heterocycles. The number of benzene rings is 1. The van der Waals surface area contributed by atoms with Gasteiger partial charge in [0.2, 0.25) is 10.0 Å². The molecule has 2 heterocycles. The van der Waals surface area contributed by atoms with Crippen LogP contribution in [0.4, 0.5) is 4.39 Å². The predicted octanol–water partition coefficient (Wildman–Crippen LogP) is 1.58. The minimum atomic E-state index is -3.86. The summed E-state index contributed by atoms with van der Waals surface area (Å²) in [6.07, 6.45) is -1.19. The van der Waals surface area contributed by atoms with Crippen LogP contribution in [0.15, 0.2) is 29.2 Å². The fraction of sp³-hybridized carbons (Fsp3) is 0.467. The molecule has 5 nitrogen and oxygen atoms in total. The SMILES string of the molecule is Cc1c(S(=O)(=O)N2C[C@@H](F)C[C@H]2CO)c2ccccc2n1C. The average Bonchev–Trinajstić information content (AvgIpc) is 2.99. The number of fused-ring (bicyclic) bond motifs is 1. The van der Waals surface area contributed by atoms with Gasteiger partial charge in [-0.25, -0.2) is 12.8 Å². The molecule has 1 aromatic carbocycles. The van der Waals surface area contributed by atoms with E-state index in [1.807, 2.05) is 23.7 Å². The molecule has 2 aromatic rings. The number of para-hydroxylation sites is 1. The number of aliphatic hydroxyl groups is 1. The quantitative estimate of drug-likeness (QED) is 0.931. The van der Waals surface area contributed by atoms with Gasteiger partial charge in [0, 0.05) is 30.2 Å². The van der Waals surface area contributed by atoms with E-state index < -0.39 is 22.2 Å². The first-order chi connectivity index (χ1) is 10.4. The second-order valence-electron chi connectivity index (χ2n) is 5.73. The largest absolute Gasteiger partial charge is 0.395 e. The topological polar surface area (TPSA) is 62.5 Å². The van der Waals surface area contributed by atoms with Gasteiger partial charge in [-0.1, -0.05) is 18.2 Å². The Labute approximate surface area is 129 Å². The van der Waals surface area contributed by atoms with Crippen molar-refractivity contribution in [1.82, 2.24) is 8.87 Å². The van der Waals surface area contributed by atoms with Crippen LogP contribution in [0.3, 0.4) is 0 Å². The summed E-state index contributed by atoms with van der Waals surface area (Å²) in [4.78, 5) is 0.207. The van der Waals surface area contributed by atoms with E-state index in [1.54, 1.807) is 19.1 Å². The molecule has 22 heavy (non-hydrogen) atoms. The van der Waals surface area contributed by atoms with E-state index in [0.717, 1.165) is 9.82 Å². The lowest BCUT2D eigenvalue weighted by Crippen LogP contribution is -2.38. The summed E-state index contributed by atoms with van der Waals surface area (Å²) in [6, 6.07) is 6.55. The van der Waals surface area contributed by atoms with E-state index in [9.17, 15) is 17.9 Å². The van der Waals surface area contributed by atoms with Crippen molar-refractivity contribution >= 4 is 20.9 Å². The second-order valence-corrected chi connectivity index (χ2v) is 7.56. The fourth-order valence-corrected chi connectivity index (χ4v) is 5.32. The van der Waals surface area contributed by atoms with Crippen LogP contribution in [0.25, 0.3) is 10.9 Å². The van der Waals surface area contributed by atoms with Crippen LogP contribution in [0.1, 0.15) is 12.1 Å². The minimum Gasteiger partial charge on any atom is -0.395 e. The first-order valence-electron chi connectivity index (χ1n) is 7.18. The third-order valence-electron chi connectivity index (χ3n) is 4.43. The smallest absolute Gasteiger partial charge is 0.245 e. The van der Waals surface area contributed by atoms with Crippen molar-refractivity contribution in [1.29, 1.82) is 0 Å². The maximum Gasteiger partial charge on any atom is 0.245 e. The fourth-order valence-electron chi connectivity index (χ4n) is 3.22. The van der Waals surface area contributed by atoms with Crippen LogP contribution >= 0.6 is 0 Å². The van der Waals surface area contributed by atoms with E-state index in [4.69, 9.17) is 0 Å². The summed E-state index contributed by atoms with van der Waals surface area (Å²) in [7, 11) is -2.05. The zero-order chi connectivity index (χ0) is 16.1. The van der Waals surface area contributed by atoms with Gasteiger partial charge in [0.05, 0.1) is 12.6 Å². The minimum absolute atomic E-state index is 0.0412. The third kappa shape index (κ3) is 2.15. The molecule has 120 valence electrons. The Morgan fingerprint density at radius 2 is 2.05 bits per heavy atom. The molecule has 1 aliphatic rings. The summed E-state index contributed by atoms with van der Waals surface area (Å²) in [5.74, 6) is 0. The second kappa shape index (κ2) is 5.33. The van der Waals surface area contributed by atoms with Gasteiger partial charge in [0.1, 0.15) is 11.1 Å². The average molecular weight is 326 g/mol. The molecule has 0 bridgehead atoms. The number of alkyl halides is 1. The van der Waals surface area contributed by atoms with E-state index in [0.29, 0.717) is 11.1 Å². The first-order valence-corrected chi connectivity index (χ1v) is 8.62. The highest BCUT2D eigenvalue weighted by Gasteiger charge is 2.41. The number of aromatic nitrogens is 1. The molecule has 0 spiro atoms. The van der Waals surface area contributed by atoms with E-state index in [2.05, 4.69) is 0 Å². The number of aliphatic hydroxyl groups excluding tert-OH is 1. The van der Waals surface area contributed by atoms with E-state index >= 15 is 0 Å². The van der Waals surface area contributed by atoms with Gasteiger partial charge < -0.3 is 9.67 Å². The highest BCUT2D eigenvalue weighted by atomic mass is 32.2. The number of nitrogens with zero attached hydrogens (tertiary/aromatic N) is 2. The zero-order valence-corrected chi connectivity index (χ0v) is 13.3. The summed E-state index contributed by atoms with van der Waals surface area (Å²) in [6.45, 7) is 1.17. The lowest BCUT2D eigenvalue weighted by atomic mass is 10.2. The normalized spacial score (nSPS) is 23.5. The van der Waals surface area contributed by atoms with Crippen LogP contribution in [0.5, 0.6) is 0 Å². The van der Waals surface area contributed by atoms with Crippen LogP contribution in [-0.2, 0) is 17.1 Å². The zero-order valence-electron chi connectivity index (χ0n) is 12.5. The molecule has 0 unspecified atom stereocenters. The molecule has 0 aliphatic carbocycles. The predicted molar refractivity (Wildman–Crippen MR) is 81.9 cm³/mol. The summed E-state index contributed by atoms with van der Waals surface area (Å²) >= 11 is 0. The number of rotatable bonds is 3. The van der Waals surface area contributed by atoms with Crippen molar-refractivity contribution in [3.8, 4) is 0 Å². The summed E-state index contributed by atoms with van der Waals surface area (Å²) < 4.78 is 42.6. The number of sulfonamides is 1. The number of hydrogen-bond acceptors (Lipinski definition) is 3. The van der Waals surface area contributed by atoms with E-state index in [1.165, 1.54) is 0 Å². The molecule has 3 rings (SSSR count). The Morgan fingerprint density at radius 1 is 1.36 bits per heavy atom. The highest BCUT2D eigenvalue weighted by Crippen LogP contribution is 2.34. The molecule has 0 radical (unpaired) electrons. The molecule has 0 amide bonds. The molecule has 1 fully saturated rings. The molecular weight excluding hydrogens is 307 g/mol. The van der Waals surface area contributed by atoms with Gasteiger partial charge in [0.15, 0.2) is 0 Å². The highest BCUT2D eigenvalue weighted by molar-refractivity contribution is 7.89. The van der Waals surface area contributed by atoms with E-state index in [-0.39, 0.29) is 24.5 Å². The van der Waals surface area contributed by atoms with Crippen LogP contribution in [0, 0.1) is 6.92 Å². The molecule has 1 N–H and O–H groups in total. The van der Waals surface area contributed by atoms with Gasteiger partial charge in [-0.05, 0) is 19.4 Å². The van der Waals surface area contributed by atoms with Crippen LogP contribution < -0.4 is 0 Å². The van der Waals surface area contributed by atoms with Crippen molar-refractivity contribution in [2.45, 2.75) is 30.5 Å². The lowest BCUT2D eigenvalue weighted by molar-refractivity contribution is 0.213. The van der Waals surface area contributed by atoms with Gasteiger partial charge in [0.25, 0.3) is 0 Å². The molecule has 1 aliphatic heterocycles.